The summed E-state index contributed by atoms with van der Waals surface area (Å²) >= 11 is 0. The van der Waals surface area contributed by atoms with Gasteiger partial charge in [0.25, 0.3) is 0 Å². The number of nitrogens with zero attached hydrogens (tertiary/aromatic N) is 4. The Balaban J connectivity index is 1.16. The van der Waals surface area contributed by atoms with Gasteiger partial charge in [-0.25, -0.2) is 15.0 Å². The van der Waals surface area contributed by atoms with Gasteiger partial charge in [0, 0.05) is 33.6 Å². The molecule has 0 aliphatic carbocycles. The predicted molar refractivity (Wildman–Crippen MR) is 231 cm³/mol. The average Bonchev–Trinajstić information content (AvgIpc) is 3.27. The lowest BCUT2D eigenvalue weighted by Crippen LogP contribution is -2.00. The normalized spacial score (nSPS) is 11.0. The van der Waals surface area contributed by atoms with Crippen molar-refractivity contribution in [3.63, 3.8) is 0 Å². The number of hydrogen-bond acceptors (Lipinski definition) is 4. The summed E-state index contributed by atoms with van der Waals surface area (Å²) in [5, 5.41) is 0. The molecule has 0 saturated heterocycles. The molecule has 0 N–H and O–H groups in total. The van der Waals surface area contributed by atoms with Gasteiger partial charge in [0.2, 0.25) is 0 Å². The van der Waals surface area contributed by atoms with Crippen molar-refractivity contribution in [1.29, 1.82) is 0 Å². The first kappa shape index (κ1) is 34.5. The molecule has 0 aliphatic rings. The summed E-state index contributed by atoms with van der Waals surface area (Å²) in [4.78, 5) is 19.8. The Morgan fingerprint density at radius 2 is 0.625 bits per heavy atom. The summed E-state index contributed by atoms with van der Waals surface area (Å²) in [6.07, 6.45) is 0. The van der Waals surface area contributed by atoms with Crippen LogP contribution < -0.4 is 0 Å². The van der Waals surface area contributed by atoms with Gasteiger partial charge in [-0.3, -0.25) is 4.98 Å². The van der Waals surface area contributed by atoms with Crippen molar-refractivity contribution in [3.8, 4) is 89.8 Å². The fourth-order valence-electron chi connectivity index (χ4n) is 7.37. The van der Waals surface area contributed by atoms with Crippen molar-refractivity contribution in [1.82, 2.24) is 19.9 Å². The van der Waals surface area contributed by atoms with E-state index in [9.17, 15) is 0 Å². The van der Waals surface area contributed by atoms with Crippen LogP contribution in [0.4, 0.5) is 0 Å². The predicted octanol–water partition coefficient (Wildman–Crippen LogP) is 13.2. The van der Waals surface area contributed by atoms with E-state index < -0.39 is 0 Å². The van der Waals surface area contributed by atoms with Crippen molar-refractivity contribution < 1.29 is 0 Å². The Kier molecular flexibility index (Phi) is 9.36. The summed E-state index contributed by atoms with van der Waals surface area (Å²) in [5.74, 6) is 1.87. The lowest BCUT2D eigenvalue weighted by Gasteiger charge is -2.19. The monoisotopic (exact) mass is 718 g/mol. The van der Waals surface area contributed by atoms with Gasteiger partial charge in [-0.05, 0) is 82.1 Å². The third-order valence-corrected chi connectivity index (χ3v) is 10.2. The van der Waals surface area contributed by atoms with E-state index in [0.717, 1.165) is 55.9 Å². The van der Waals surface area contributed by atoms with Crippen LogP contribution in [0.25, 0.3) is 89.8 Å². The van der Waals surface area contributed by atoms with Crippen molar-refractivity contribution in [2.75, 3.05) is 0 Å². The maximum atomic E-state index is 5.07. The van der Waals surface area contributed by atoms with Crippen LogP contribution in [0.15, 0.2) is 194 Å². The van der Waals surface area contributed by atoms with Gasteiger partial charge < -0.3 is 0 Å². The minimum absolute atomic E-state index is 0.619. The Morgan fingerprint density at radius 1 is 0.268 bits per heavy atom. The first-order valence-electron chi connectivity index (χ1n) is 18.9. The zero-order valence-electron chi connectivity index (χ0n) is 31.3. The van der Waals surface area contributed by atoms with Crippen LogP contribution in [0.3, 0.4) is 0 Å². The lowest BCUT2D eigenvalue weighted by molar-refractivity contribution is 1.07. The molecule has 0 radical (unpaired) electrons. The van der Waals surface area contributed by atoms with E-state index in [1.807, 2.05) is 37.3 Å². The van der Waals surface area contributed by atoms with Gasteiger partial charge in [-0.2, -0.15) is 0 Å². The molecule has 9 aromatic rings. The molecule has 2 aromatic heterocycles. The van der Waals surface area contributed by atoms with E-state index in [1.165, 1.54) is 27.8 Å². The summed E-state index contributed by atoms with van der Waals surface area (Å²) in [7, 11) is 0. The minimum atomic E-state index is 0.619. The number of benzene rings is 7. The second kappa shape index (κ2) is 15.2. The number of aromatic nitrogens is 4. The molecule has 4 nitrogen and oxygen atoms in total. The van der Waals surface area contributed by atoms with Crippen molar-refractivity contribution in [2.24, 2.45) is 0 Å². The van der Waals surface area contributed by atoms with Crippen molar-refractivity contribution in [2.45, 2.75) is 13.8 Å². The van der Waals surface area contributed by atoms with Gasteiger partial charge in [-0.15, -0.1) is 0 Å². The topological polar surface area (TPSA) is 51.6 Å². The van der Waals surface area contributed by atoms with E-state index in [4.69, 9.17) is 15.0 Å². The first-order chi connectivity index (χ1) is 27.6. The standard InChI is InChI=1S/C52H38N4/c1-35-23-32-46(36(2)53-35)40-24-28-43(29-25-40)51-54-50(42-21-13-6-14-22-42)55-52(56-51)44-30-26-41(27-31-44)49-47(38-17-9-4-10-18-38)33-45(37-15-7-3-8-16-37)34-48(49)39-19-11-5-12-20-39/h3-34H,1-2H3. The molecule has 7 aromatic carbocycles. The number of hydrogen-bond donors (Lipinski definition) is 0. The summed E-state index contributed by atoms with van der Waals surface area (Å²) in [5.41, 5.74) is 16.3. The number of rotatable bonds is 8. The molecular formula is C52H38N4. The number of pyridine rings is 1. The molecule has 0 unspecified atom stereocenters. The highest BCUT2D eigenvalue weighted by atomic mass is 15.0. The van der Waals surface area contributed by atoms with Gasteiger partial charge in [-0.1, -0.05) is 176 Å². The number of aryl methyl sites for hydroxylation is 2. The molecule has 0 fully saturated rings. The first-order valence-corrected chi connectivity index (χ1v) is 18.9. The Morgan fingerprint density at radius 3 is 1.07 bits per heavy atom. The van der Waals surface area contributed by atoms with E-state index in [0.29, 0.717) is 17.5 Å². The second-order valence-electron chi connectivity index (χ2n) is 14.0. The molecular weight excluding hydrogens is 681 g/mol. The SMILES string of the molecule is Cc1ccc(-c2ccc(-c3nc(-c4ccccc4)nc(-c4ccc(-c5c(-c6ccccc6)cc(-c6ccccc6)cc5-c5ccccc5)cc4)n3)cc2)c(C)n1. The van der Waals surface area contributed by atoms with Crippen LogP contribution in [0, 0.1) is 13.8 Å². The van der Waals surface area contributed by atoms with Crippen LogP contribution in [-0.4, -0.2) is 19.9 Å². The lowest BCUT2D eigenvalue weighted by atomic mass is 9.84. The third kappa shape index (κ3) is 7.04. The zero-order chi connectivity index (χ0) is 37.8. The molecule has 9 rings (SSSR count). The minimum Gasteiger partial charge on any atom is -0.258 e. The highest BCUT2D eigenvalue weighted by molar-refractivity contribution is 5.98. The molecule has 0 bridgehead atoms. The summed E-state index contributed by atoms with van der Waals surface area (Å²) in [6.45, 7) is 4.07. The maximum absolute atomic E-state index is 5.07. The van der Waals surface area contributed by atoms with Gasteiger partial charge >= 0.3 is 0 Å². The van der Waals surface area contributed by atoms with Crippen molar-refractivity contribution in [3.05, 3.63) is 206 Å². The molecule has 266 valence electrons. The molecule has 0 spiro atoms. The molecule has 0 aliphatic heterocycles. The van der Waals surface area contributed by atoms with Crippen LogP contribution in [0.5, 0.6) is 0 Å². The fourth-order valence-corrected chi connectivity index (χ4v) is 7.37. The van der Waals surface area contributed by atoms with Gasteiger partial charge in [0.1, 0.15) is 0 Å². The Hall–Kier alpha value is -7.30. The van der Waals surface area contributed by atoms with Crippen LogP contribution in [0.2, 0.25) is 0 Å². The van der Waals surface area contributed by atoms with Crippen LogP contribution in [0.1, 0.15) is 11.4 Å². The van der Waals surface area contributed by atoms with Gasteiger partial charge in [0.05, 0.1) is 0 Å². The smallest absolute Gasteiger partial charge is 0.164 e. The van der Waals surface area contributed by atoms with E-state index in [1.54, 1.807) is 0 Å². The summed E-state index contributed by atoms with van der Waals surface area (Å²) in [6, 6.07) is 68.0. The molecule has 4 heteroatoms. The van der Waals surface area contributed by atoms with Gasteiger partial charge in [0.15, 0.2) is 17.5 Å². The zero-order valence-corrected chi connectivity index (χ0v) is 31.3. The molecule has 56 heavy (non-hydrogen) atoms. The molecule has 2 heterocycles. The van der Waals surface area contributed by atoms with Crippen LogP contribution in [-0.2, 0) is 0 Å². The van der Waals surface area contributed by atoms with E-state index in [-0.39, 0.29) is 0 Å². The highest BCUT2D eigenvalue weighted by Crippen LogP contribution is 2.43. The Labute approximate surface area is 327 Å². The summed E-state index contributed by atoms with van der Waals surface area (Å²) < 4.78 is 0. The average molecular weight is 719 g/mol. The van der Waals surface area contributed by atoms with E-state index in [2.05, 4.69) is 176 Å². The Bertz CT molecular complexity index is 2700. The maximum Gasteiger partial charge on any atom is 0.164 e. The highest BCUT2D eigenvalue weighted by Gasteiger charge is 2.18. The molecule has 0 atom stereocenters. The fraction of sp³-hybridized carbons (Fsp3) is 0.0385. The molecule has 0 amide bonds. The second-order valence-corrected chi connectivity index (χ2v) is 14.0. The largest absolute Gasteiger partial charge is 0.258 e. The van der Waals surface area contributed by atoms with E-state index >= 15 is 0 Å². The van der Waals surface area contributed by atoms with Crippen molar-refractivity contribution >= 4 is 0 Å². The van der Waals surface area contributed by atoms with Crippen LogP contribution >= 0.6 is 0 Å². The quantitative estimate of drug-likeness (QED) is 0.157. The third-order valence-electron chi connectivity index (χ3n) is 10.2. The molecule has 0 saturated carbocycles.